The summed E-state index contributed by atoms with van der Waals surface area (Å²) in [6, 6.07) is 9.24. The van der Waals surface area contributed by atoms with Crippen molar-refractivity contribution in [3.63, 3.8) is 0 Å². The van der Waals surface area contributed by atoms with Gasteiger partial charge in [0.25, 0.3) is 0 Å². The first-order valence-electron chi connectivity index (χ1n) is 14.0. The van der Waals surface area contributed by atoms with Crippen LogP contribution in [0.5, 0.6) is 11.5 Å². The molecule has 2 aliphatic carbocycles. The molecule has 0 spiro atoms. The van der Waals surface area contributed by atoms with Crippen LogP contribution in [0, 0.1) is 10.8 Å². The summed E-state index contributed by atoms with van der Waals surface area (Å²) in [6.07, 6.45) is 4.68. The topological polar surface area (TPSA) is 64.6 Å². The van der Waals surface area contributed by atoms with Crippen molar-refractivity contribution in [3.05, 3.63) is 92.3 Å². The van der Waals surface area contributed by atoms with Gasteiger partial charge in [-0.1, -0.05) is 69.1 Å². The van der Waals surface area contributed by atoms with Crippen LogP contribution in [0.3, 0.4) is 0 Å². The molecule has 0 atom stereocenters. The van der Waals surface area contributed by atoms with Gasteiger partial charge in [-0.2, -0.15) is 0 Å². The van der Waals surface area contributed by atoms with Crippen LogP contribution in [-0.4, -0.2) is 18.7 Å². The lowest BCUT2D eigenvalue weighted by Gasteiger charge is -2.44. The fourth-order valence-corrected chi connectivity index (χ4v) is 6.95. The van der Waals surface area contributed by atoms with Gasteiger partial charge in [0.2, 0.25) is 0 Å². The lowest BCUT2D eigenvalue weighted by atomic mass is 9.64. The van der Waals surface area contributed by atoms with E-state index in [2.05, 4.69) is 39.6 Å². The molecular formula is C34H37Cl2NO4. The van der Waals surface area contributed by atoms with Gasteiger partial charge in [-0.3, -0.25) is 9.59 Å². The molecule has 0 unspecified atom stereocenters. The van der Waals surface area contributed by atoms with E-state index >= 15 is 0 Å². The molecule has 5 rings (SSSR count). The first-order valence-corrected chi connectivity index (χ1v) is 14.8. The third kappa shape index (κ3) is 5.85. The predicted molar refractivity (Wildman–Crippen MR) is 164 cm³/mol. The average Bonchev–Trinajstić information content (AvgIpc) is 2.86. The number of benzene rings is 2. The van der Waals surface area contributed by atoms with E-state index in [1.165, 1.54) is 0 Å². The Hall–Kier alpha value is -3.02. The highest BCUT2D eigenvalue weighted by molar-refractivity contribution is 6.35. The molecule has 3 aliphatic rings. The van der Waals surface area contributed by atoms with Gasteiger partial charge in [0.15, 0.2) is 23.1 Å². The molecule has 0 saturated carbocycles. The summed E-state index contributed by atoms with van der Waals surface area (Å²) in [4.78, 5) is 27.5. The van der Waals surface area contributed by atoms with Crippen LogP contribution < -0.4 is 14.8 Å². The zero-order chi connectivity index (χ0) is 29.7. The minimum Gasteiger partial charge on any atom is -0.493 e. The number of hydrogen-bond donors (Lipinski definition) is 1. The molecule has 0 aromatic heterocycles. The second kappa shape index (κ2) is 11.0. The molecule has 41 heavy (non-hydrogen) atoms. The summed E-state index contributed by atoms with van der Waals surface area (Å²) in [5.74, 6) is 0.802. The Bertz CT molecular complexity index is 1460. The molecule has 1 heterocycles. The smallest absolute Gasteiger partial charge is 0.165 e. The van der Waals surface area contributed by atoms with E-state index in [1.807, 2.05) is 18.2 Å². The van der Waals surface area contributed by atoms with Crippen LogP contribution in [0.2, 0.25) is 10.0 Å². The average molecular weight is 595 g/mol. The van der Waals surface area contributed by atoms with E-state index in [4.69, 9.17) is 32.7 Å². The highest BCUT2D eigenvalue weighted by atomic mass is 35.5. The van der Waals surface area contributed by atoms with Crippen LogP contribution in [0.15, 0.2) is 65.5 Å². The van der Waals surface area contributed by atoms with E-state index < -0.39 is 5.92 Å². The maximum atomic E-state index is 13.8. The fourth-order valence-electron chi connectivity index (χ4n) is 6.48. The van der Waals surface area contributed by atoms with Crippen molar-refractivity contribution < 1.29 is 19.1 Å². The number of nitrogens with one attached hydrogen (secondary N) is 1. The second-order valence-corrected chi connectivity index (χ2v) is 13.8. The van der Waals surface area contributed by atoms with Crippen molar-refractivity contribution in [1.29, 1.82) is 0 Å². The van der Waals surface area contributed by atoms with E-state index in [0.717, 1.165) is 40.9 Å². The molecule has 2 aromatic rings. The van der Waals surface area contributed by atoms with Gasteiger partial charge in [-0.05, 0) is 53.9 Å². The quantitative estimate of drug-likeness (QED) is 0.327. The van der Waals surface area contributed by atoms with Crippen molar-refractivity contribution in [3.8, 4) is 11.5 Å². The molecule has 1 N–H and O–H groups in total. The maximum absolute atomic E-state index is 13.8. The zero-order valence-corrected chi connectivity index (χ0v) is 25.9. The monoisotopic (exact) mass is 593 g/mol. The summed E-state index contributed by atoms with van der Waals surface area (Å²) < 4.78 is 12.2. The molecule has 0 saturated heterocycles. The molecular weight excluding hydrogens is 557 g/mol. The summed E-state index contributed by atoms with van der Waals surface area (Å²) in [6.45, 7) is 12.7. The van der Waals surface area contributed by atoms with E-state index in [-0.39, 0.29) is 29.0 Å². The highest BCUT2D eigenvalue weighted by Crippen LogP contribution is 2.52. The van der Waals surface area contributed by atoms with E-state index in [0.29, 0.717) is 52.0 Å². The van der Waals surface area contributed by atoms with Gasteiger partial charge in [0.05, 0.1) is 7.11 Å². The molecule has 0 fully saturated rings. The minimum absolute atomic E-state index is 0.0832. The third-order valence-electron chi connectivity index (χ3n) is 8.18. The maximum Gasteiger partial charge on any atom is 0.165 e. The van der Waals surface area contributed by atoms with Crippen LogP contribution in [0.25, 0.3) is 0 Å². The number of ether oxygens (including phenoxy) is 2. The van der Waals surface area contributed by atoms with Gasteiger partial charge in [-0.25, -0.2) is 0 Å². The van der Waals surface area contributed by atoms with Gasteiger partial charge in [-0.15, -0.1) is 6.58 Å². The third-order valence-corrected chi connectivity index (χ3v) is 8.76. The molecule has 1 aliphatic heterocycles. The van der Waals surface area contributed by atoms with Crippen molar-refractivity contribution >= 4 is 34.8 Å². The number of rotatable bonds is 7. The number of hydrogen-bond acceptors (Lipinski definition) is 5. The van der Waals surface area contributed by atoms with Gasteiger partial charge < -0.3 is 14.8 Å². The molecule has 0 radical (unpaired) electrons. The first kappa shape index (κ1) is 29.5. The van der Waals surface area contributed by atoms with Crippen LogP contribution in [0.4, 0.5) is 0 Å². The lowest BCUT2D eigenvalue weighted by molar-refractivity contribution is -0.119. The number of allylic oxidation sites excluding steroid dienone is 5. The molecule has 0 bridgehead atoms. The summed E-state index contributed by atoms with van der Waals surface area (Å²) in [5, 5.41) is 4.65. The first-order chi connectivity index (χ1) is 19.3. The van der Waals surface area contributed by atoms with Crippen LogP contribution in [0.1, 0.15) is 76.0 Å². The highest BCUT2D eigenvalue weighted by Gasteiger charge is 2.46. The van der Waals surface area contributed by atoms with E-state index in [9.17, 15) is 9.59 Å². The van der Waals surface area contributed by atoms with Crippen LogP contribution in [-0.2, 0) is 22.6 Å². The Kier molecular flexibility index (Phi) is 7.90. The fraction of sp³-hybridized carbons (Fsp3) is 0.412. The predicted octanol–water partition coefficient (Wildman–Crippen LogP) is 8.28. The molecule has 0 amide bonds. The van der Waals surface area contributed by atoms with Crippen LogP contribution >= 0.6 is 23.2 Å². The number of methoxy groups -OCH3 is 1. The minimum atomic E-state index is -0.467. The lowest BCUT2D eigenvalue weighted by Crippen LogP contribution is -2.42. The number of dihydropyridines is 1. The van der Waals surface area contributed by atoms with Gasteiger partial charge in [0, 0.05) is 62.5 Å². The molecule has 5 nitrogen and oxygen atoms in total. The number of carbonyl (C=O) groups is 2. The number of Topliss-reactive ketones (excluding diaryl/α,β-unsaturated/α-hetero) is 2. The number of halogens is 2. The SMILES string of the molecule is C=CCc1cc(C2C3=C(CC(C)(C)CC3=O)NC3=C2C(=O)CC(C)(C)C3)cc(OC)c1OCc1ccc(Cl)cc1Cl. The Labute approximate surface area is 252 Å². The zero-order valence-electron chi connectivity index (χ0n) is 24.4. The van der Waals surface area contributed by atoms with Crippen molar-refractivity contribution in [2.24, 2.45) is 10.8 Å². The van der Waals surface area contributed by atoms with Crippen molar-refractivity contribution in [2.45, 2.75) is 72.3 Å². The second-order valence-electron chi connectivity index (χ2n) is 13.0. The van der Waals surface area contributed by atoms with Crippen molar-refractivity contribution in [1.82, 2.24) is 5.32 Å². The normalized spacial score (nSPS) is 19.9. The Morgan fingerprint density at radius 1 is 0.927 bits per heavy atom. The largest absolute Gasteiger partial charge is 0.493 e. The Morgan fingerprint density at radius 3 is 2.07 bits per heavy atom. The van der Waals surface area contributed by atoms with E-state index in [1.54, 1.807) is 25.3 Å². The summed E-state index contributed by atoms with van der Waals surface area (Å²) in [5.41, 5.74) is 5.43. The van der Waals surface area contributed by atoms with Crippen molar-refractivity contribution in [2.75, 3.05) is 7.11 Å². The summed E-state index contributed by atoms with van der Waals surface area (Å²) in [7, 11) is 1.60. The molecule has 2 aromatic carbocycles. The number of ketones is 2. The molecule has 216 valence electrons. The number of carbonyl (C=O) groups excluding carboxylic acids is 2. The standard InChI is InChI=1S/C34H37Cl2NO4/c1-7-8-19-11-21(12-28(40-6)32(19)41-18-20-9-10-22(35)13-23(20)36)29-30-24(14-33(2,3)16-26(30)38)37-25-15-34(4,5)17-27(39)31(25)29/h7,9-13,29,37H,1,8,14-18H2,2-6H3. The summed E-state index contributed by atoms with van der Waals surface area (Å²) >= 11 is 12.5. The van der Waals surface area contributed by atoms with Gasteiger partial charge in [0.1, 0.15) is 6.61 Å². The Balaban J connectivity index is 1.64. The Morgan fingerprint density at radius 2 is 1.54 bits per heavy atom. The molecule has 7 heteroatoms. The van der Waals surface area contributed by atoms with Gasteiger partial charge >= 0.3 is 0 Å².